The van der Waals surface area contributed by atoms with E-state index in [1.54, 1.807) is 13.8 Å². The number of carbonyl (C=O) groups excluding carboxylic acids is 2. The van der Waals surface area contributed by atoms with Crippen LogP contribution in [0.4, 0.5) is 13.2 Å². The fourth-order valence-corrected chi connectivity index (χ4v) is 3.98. The van der Waals surface area contributed by atoms with Crippen molar-refractivity contribution in [1.82, 2.24) is 0 Å². The van der Waals surface area contributed by atoms with Gasteiger partial charge in [-0.05, 0) is 33.1 Å². The lowest BCUT2D eigenvalue weighted by Crippen LogP contribution is -2.49. The van der Waals surface area contributed by atoms with Gasteiger partial charge >= 0.3 is 18.1 Å². The molecule has 0 amide bonds. The number of hydrogen-bond acceptors (Lipinski definition) is 4. The van der Waals surface area contributed by atoms with Crippen molar-refractivity contribution in [2.75, 3.05) is 0 Å². The quantitative estimate of drug-likeness (QED) is 0.750. The van der Waals surface area contributed by atoms with Crippen LogP contribution in [0.3, 0.4) is 0 Å². The summed E-state index contributed by atoms with van der Waals surface area (Å²) < 4.78 is 50.6. The fourth-order valence-electron chi connectivity index (χ4n) is 3.98. The summed E-state index contributed by atoms with van der Waals surface area (Å²) in [6, 6.07) is 0. The van der Waals surface area contributed by atoms with Crippen molar-refractivity contribution in [3.63, 3.8) is 0 Å². The number of fused-ring (bicyclic) bond motifs is 1. The van der Waals surface area contributed by atoms with E-state index in [0.717, 1.165) is 0 Å². The zero-order valence-electron chi connectivity index (χ0n) is 12.7. The molecular formula is C15H19F3O4. The van der Waals surface area contributed by atoms with E-state index in [4.69, 9.17) is 9.47 Å². The molecular weight excluding hydrogens is 301 g/mol. The Labute approximate surface area is 126 Å². The van der Waals surface area contributed by atoms with Crippen molar-refractivity contribution < 1.29 is 32.2 Å². The molecule has 3 fully saturated rings. The first kappa shape index (κ1) is 15.6. The topological polar surface area (TPSA) is 52.6 Å². The Morgan fingerprint density at radius 1 is 1.41 bits per heavy atom. The first-order chi connectivity index (χ1) is 10.0. The maximum absolute atomic E-state index is 13.4. The highest BCUT2D eigenvalue weighted by molar-refractivity contribution is 5.83. The Balaban J connectivity index is 1.83. The lowest BCUT2D eigenvalue weighted by atomic mass is 9.73. The van der Waals surface area contributed by atoms with Gasteiger partial charge in [-0.2, -0.15) is 13.2 Å². The molecule has 5 unspecified atom stereocenters. The minimum atomic E-state index is -4.62. The smallest absolute Gasteiger partial charge is 0.405 e. The molecule has 0 N–H and O–H groups in total. The minimum Gasteiger partial charge on any atom is -0.458 e. The monoisotopic (exact) mass is 320 g/mol. The molecule has 3 rings (SSSR count). The maximum Gasteiger partial charge on any atom is 0.405 e. The van der Waals surface area contributed by atoms with E-state index in [2.05, 4.69) is 0 Å². The molecule has 3 aliphatic rings. The molecule has 2 bridgehead atoms. The maximum atomic E-state index is 13.4. The zero-order chi connectivity index (χ0) is 16.5. The van der Waals surface area contributed by atoms with Gasteiger partial charge in [0.25, 0.3) is 0 Å². The number of halogens is 3. The van der Waals surface area contributed by atoms with Gasteiger partial charge in [0.1, 0.15) is 12.2 Å². The van der Waals surface area contributed by atoms with Crippen LogP contribution < -0.4 is 0 Å². The number of alkyl halides is 3. The summed E-state index contributed by atoms with van der Waals surface area (Å²) in [5.41, 5.74) is -3.09. The molecule has 2 aliphatic carbocycles. The standard InChI is InChI=1S/C15H19F3O4/c1-4-13(2,3)11(19)21-9-7-5-8-10(9)22-12(20)14(8,6-7)15(16,17)18/h7-10H,4-6H2,1-3H3. The highest BCUT2D eigenvalue weighted by atomic mass is 19.4. The summed E-state index contributed by atoms with van der Waals surface area (Å²) in [5.74, 6) is -3.04. The van der Waals surface area contributed by atoms with Crippen LogP contribution in [0.2, 0.25) is 0 Å². The summed E-state index contributed by atoms with van der Waals surface area (Å²) in [6.45, 7) is 5.29. The molecule has 5 atom stereocenters. The SMILES string of the molecule is CCC(C)(C)C(=O)OC1C2CC3C1OC(=O)C3(C(F)(F)F)C2. The Morgan fingerprint density at radius 3 is 2.59 bits per heavy atom. The predicted molar refractivity (Wildman–Crippen MR) is 68.5 cm³/mol. The lowest BCUT2D eigenvalue weighted by Gasteiger charge is -2.34. The van der Waals surface area contributed by atoms with Gasteiger partial charge in [0.05, 0.1) is 5.41 Å². The summed E-state index contributed by atoms with van der Waals surface area (Å²) in [5, 5.41) is 0. The summed E-state index contributed by atoms with van der Waals surface area (Å²) in [6.07, 6.45) is -5.87. The highest BCUT2D eigenvalue weighted by Gasteiger charge is 2.80. The van der Waals surface area contributed by atoms with Crippen molar-refractivity contribution in [3.05, 3.63) is 0 Å². The van der Waals surface area contributed by atoms with E-state index < -0.39 is 53.0 Å². The summed E-state index contributed by atoms with van der Waals surface area (Å²) in [7, 11) is 0. The van der Waals surface area contributed by atoms with E-state index in [9.17, 15) is 22.8 Å². The van der Waals surface area contributed by atoms with E-state index in [-0.39, 0.29) is 12.8 Å². The Kier molecular flexibility index (Phi) is 3.11. The third-order valence-corrected chi connectivity index (χ3v) is 5.75. The zero-order valence-corrected chi connectivity index (χ0v) is 12.7. The van der Waals surface area contributed by atoms with Crippen LogP contribution in [0, 0.1) is 22.7 Å². The van der Waals surface area contributed by atoms with Crippen LogP contribution in [0.15, 0.2) is 0 Å². The van der Waals surface area contributed by atoms with Crippen LogP contribution in [-0.2, 0) is 19.1 Å². The molecule has 0 spiro atoms. The molecule has 22 heavy (non-hydrogen) atoms. The van der Waals surface area contributed by atoms with Gasteiger partial charge in [-0.3, -0.25) is 9.59 Å². The average Bonchev–Trinajstić information content (AvgIpc) is 3.00. The van der Waals surface area contributed by atoms with Gasteiger partial charge in [-0.1, -0.05) is 6.92 Å². The second-order valence-electron chi connectivity index (χ2n) is 7.25. The number of ether oxygens (including phenoxy) is 2. The first-order valence-corrected chi connectivity index (χ1v) is 7.53. The minimum absolute atomic E-state index is 0.223. The van der Waals surface area contributed by atoms with E-state index in [1.807, 2.05) is 6.92 Å². The number of carbonyl (C=O) groups is 2. The van der Waals surface area contributed by atoms with Gasteiger partial charge in [-0.25, -0.2) is 0 Å². The molecule has 0 aromatic carbocycles. The lowest BCUT2D eigenvalue weighted by molar-refractivity contribution is -0.231. The van der Waals surface area contributed by atoms with Crippen LogP contribution in [0.1, 0.15) is 40.0 Å². The van der Waals surface area contributed by atoms with Gasteiger partial charge in [0.15, 0.2) is 5.41 Å². The number of hydrogen-bond donors (Lipinski definition) is 0. The van der Waals surface area contributed by atoms with Gasteiger partial charge in [0, 0.05) is 11.8 Å². The van der Waals surface area contributed by atoms with E-state index in [1.165, 1.54) is 0 Å². The first-order valence-electron chi connectivity index (χ1n) is 7.53. The normalized spacial score (nSPS) is 40.0. The van der Waals surface area contributed by atoms with Crippen LogP contribution in [-0.4, -0.2) is 30.3 Å². The van der Waals surface area contributed by atoms with E-state index in [0.29, 0.717) is 6.42 Å². The Morgan fingerprint density at radius 2 is 2.05 bits per heavy atom. The Bertz CT molecular complexity index is 527. The van der Waals surface area contributed by atoms with E-state index >= 15 is 0 Å². The molecule has 1 saturated heterocycles. The molecule has 4 nitrogen and oxygen atoms in total. The van der Waals surface area contributed by atoms with Crippen LogP contribution >= 0.6 is 0 Å². The van der Waals surface area contributed by atoms with Crippen molar-refractivity contribution in [2.45, 2.75) is 58.4 Å². The second kappa shape index (κ2) is 4.38. The fraction of sp³-hybridized carbons (Fsp3) is 0.867. The Hall–Kier alpha value is -1.27. The van der Waals surface area contributed by atoms with Crippen LogP contribution in [0.5, 0.6) is 0 Å². The predicted octanol–water partition coefficient (Wildman–Crippen LogP) is 2.85. The highest BCUT2D eigenvalue weighted by Crippen LogP contribution is 2.67. The van der Waals surface area contributed by atoms with Crippen molar-refractivity contribution in [3.8, 4) is 0 Å². The molecule has 0 radical (unpaired) electrons. The van der Waals surface area contributed by atoms with Gasteiger partial charge in [0.2, 0.25) is 0 Å². The van der Waals surface area contributed by atoms with Crippen molar-refractivity contribution in [2.24, 2.45) is 22.7 Å². The van der Waals surface area contributed by atoms with Gasteiger partial charge in [-0.15, -0.1) is 0 Å². The summed E-state index contributed by atoms with van der Waals surface area (Å²) in [4.78, 5) is 24.0. The molecule has 124 valence electrons. The number of esters is 2. The third-order valence-electron chi connectivity index (χ3n) is 5.75. The largest absolute Gasteiger partial charge is 0.458 e. The van der Waals surface area contributed by atoms with Crippen molar-refractivity contribution >= 4 is 11.9 Å². The summed E-state index contributed by atoms with van der Waals surface area (Å²) >= 11 is 0. The molecule has 0 aromatic heterocycles. The second-order valence-corrected chi connectivity index (χ2v) is 7.25. The molecule has 7 heteroatoms. The van der Waals surface area contributed by atoms with Crippen molar-refractivity contribution in [1.29, 1.82) is 0 Å². The number of rotatable bonds is 3. The molecule has 0 aromatic rings. The molecule has 1 aliphatic heterocycles. The third kappa shape index (κ3) is 1.77. The molecule has 1 heterocycles. The van der Waals surface area contributed by atoms with Crippen LogP contribution in [0.25, 0.3) is 0 Å². The molecule has 2 saturated carbocycles. The van der Waals surface area contributed by atoms with Gasteiger partial charge < -0.3 is 9.47 Å². The average molecular weight is 320 g/mol.